The van der Waals surface area contributed by atoms with Gasteiger partial charge in [-0.2, -0.15) is 10.4 Å². The van der Waals surface area contributed by atoms with Crippen molar-refractivity contribution in [1.29, 1.82) is 5.26 Å². The maximum absolute atomic E-state index is 8.26. The Morgan fingerprint density at radius 2 is 2.55 bits per heavy atom. The second kappa shape index (κ2) is 3.16. The first kappa shape index (κ1) is 7.75. The summed E-state index contributed by atoms with van der Waals surface area (Å²) in [5.74, 6) is 5.36. The maximum Gasteiger partial charge on any atom is 0.216 e. The summed E-state index contributed by atoms with van der Waals surface area (Å²) in [5, 5.41) is 12.1. The van der Waals surface area contributed by atoms with Crippen LogP contribution in [0.15, 0.2) is 6.33 Å². The minimum atomic E-state index is 0.394. The molecule has 58 valence electrons. The lowest BCUT2D eigenvalue weighted by atomic mass is 10.5. The van der Waals surface area contributed by atoms with Crippen molar-refractivity contribution in [3.05, 3.63) is 11.1 Å². The lowest BCUT2D eigenvalue weighted by Gasteiger charge is -1.92. The van der Waals surface area contributed by atoms with E-state index in [1.54, 1.807) is 0 Å². The molecule has 0 spiro atoms. The van der Waals surface area contributed by atoms with Crippen LogP contribution in [0.25, 0.3) is 0 Å². The highest BCUT2D eigenvalue weighted by molar-refractivity contribution is 7.71. The molecule has 2 N–H and O–H groups in total. The van der Waals surface area contributed by atoms with E-state index >= 15 is 0 Å². The van der Waals surface area contributed by atoms with E-state index in [0.29, 0.717) is 17.7 Å². The zero-order valence-electron chi connectivity index (χ0n) is 5.77. The molecule has 0 aromatic carbocycles. The molecule has 1 aromatic rings. The second-order valence-corrected chi connectivity index (χ2v) is 2.32. The van der Waals surface area contributed by atoms with Gasteiger partial charge in [0.25, 0.3) is 0 Å². The molecule has 0 amide bonds. The van der Waals surface area contributed by atoms with Crippen LogP contribution in [0.4, 0.5) is 0 Å². The molecule has 11 heavy (non-hydrogen) atoms. The Bertz CT molecular complexity index is 329. The van der Waals surface area contributed by atoms with E-state index in [4.69, 9.17) is 23.3 Å². The van der Waals surface area contributed by atoms with Gasteiger partial charge < -0.3 is 5.84 Å². The van der Waals surface area contributed by atoms with Crippen LogP contribution in [0, 0.1) is 16.1 Å². The van der Waals surface area contributed by atoms with Gasteiger partial charge in [-0.15, -0.1) is 0 Å². The van der Waals surface area contributed by atoms with Crippen molar-refractivity contribution in [1.82, 2.24) is 14.5 Å². The predicted octanol–water partition coefficient (Wildman–Crippen LogP) is 0.0416. The van der Waals surface area contributed by atoms with Crippen LogP contribution in [0.3, 0.4) is 0 Å². The summed E-state index contributed by atoms with van der Waals surface area (Å²) < 4.78 is 3.19. The Labute approximate surface area is 68.6 Å². The van der Waals surface area contributed by atoms with Crippen molar-refractivity contribution in [3.8, 4) is 6.07 Å². The lowest BCUT2D eigenvalue weighted by molar-refractivity contribution is 0.614. The van der Waals surface area contributed by atoms with Crippen LogP contribution in [-0.2, 0) is 6.54 Å². The number of hydrogen-bond donors (Lipinski definition) is 1. The molecule has 0 aliphatic rings. The average molecular weight is 169 g/mol. The SMILES string of the molecule is N#CCCn1ncn(N)c1=S. The maximum atomic E-state index is 8.26. The first-order valence-corrected chi connectivity index (χ1v) is 3.43. The monoisotopic (exact) mass is 169 g/mol. The highest BCUT2D eigenvalue weighted by atomic mass is 32.1. The summed E-state index contributed by atoms with van der Waals surface area (Å²) in [6, 6.07) is 2.00. The van der Waals surface area contributed by atoms with E-state index in [9.17, 15) is 0 Å². The molecule has 1 heterocycles. The number of aryl methyl sites for hydroxylation is 1. The fourth-order valence-electron chi connectivity index (χ4n) is 0.659. The lowest BCUT2D eigenvalue weighted by Crippen LogP contribution is -2.08. The van der Waals surface area contributed by atoms with Gasteiger partial charge in [-0.05, 0) is 12.2 Å². The van der Waals surface area contributed by atoms with E-state index in [-0.39, 0.29) is 0 Å². The zero-order valence-corrected chi connectivity index (χ0v) is 6.58. The van der Waals surface area contributed by atoms with Crippen molar-refractivity contribution in [2.24, 2.45) is 0 Å². The topological polar surface area (TPSA) is 72.6 Å². The van der Waals surface area contributed by atoms with Crippen molar-refractivity contribution >= 4 is 12.2 Å². The minimum absolute atomic E-state index is 0.394. The number of nitrogens with zero attached hydrogens (tertiary/aromatic N) is 4. The highest BCUT2D eigenvalue weighted by Crippen LogP contribution is 1.90. The van der Waals surface area contributed by atoms with E-state index in [1.165, 1.54) is 15.7 Å². The molecule has 0 unspecified atom stereocenters. The van der Waals surface area contributed by atoms with Gasteiger partial charge in [0.1, 0.15) is 6.33 Å². The Kier molecular flexibility index (Phi) is 2.23. The van der Waals surface area contributed by atoms with Crippen molar-refractivity contribution in [2.75, 3.05) is 5.84 Å². The average Bonchev–Trinajstić information content (AvgIpc) is 2.31. The van der Waals surface area contributed by atoms with Crippen LogP contribution in [0.2, 0.25) is 0 Å². The summed E-state index contributed by atoms with van der Waals surface area (Å²) in [7, 11) is 0. The summed E-state index contributed by atoms with van der Waals surface area (Å²) >= 11 is 4.87. The van der Waals surface area contributed by atoms with Gasteiger partial charge in [0.15, 0.2) is 0 Å². The van der Waals surface area contributed by atoms with Crippen LogP contribution < -0.4 is 5.84 Å². The molecule has 6 heteroatoms. The number of rotatable bonds is 2. The number of nitriles is 1. The predicted molar refractivity (Wildman–Crippen MR) is 41.4 cm³/mol. The molecule has 0 aliphatic heterocycles. The van der Waals surface area contributed by atoms with Crippen molar-refractivity contribution < 1.29 is 0 Å². The molecule has 0 aliphatic carbocycles. The molecule has 0 saturated heterocycles. The molecule has 5 nitrogen and oxygen atoms in total. The summed E-state index contributed by atoms with van der Waals surface area (Å²) in [4.78, 5) is 0. The molecule has 1 aromatic heterocycles. The molecule has 0 bridgehead atoms. The van der Waals surface area contributed by atoms with Gasteiger partial charge in [-0.3, -0.25) is 0 Å². The zero-order chi connectivity index (χ0) is 8.27. The summed E-state index contributed by atoms with van der Waals surface area (Å²) in [5.41, 5.74) is 0. The fraction of sp³-hybridized carbons (Fsp3) is 0.400. The molecular weight excluding hydrogens is 162 g/mol. The number of nitrogen functional groups attached to an aromatic ring is 1. The third-order valence-corrected chi connectivity index (χ3v) is 1.61. The quantitative estimate of drug-likeness (QED) is 0.501. The largest absolute Gasteiger partial charge is 0.336 e. The molecule has 0 fully saturated rings. The number of hydrogen-bond acceptors (Lipinski definition) is 4. The Hall–Kier alpha value is -1.35. The highest BCUT2D eigenvalue weighted by Gasteiger charge is 1.95. The van der Waals surface area contributed by atoms with E-state index in [1.807, 2.05) is 6.07 Å². The van der Waals surface area contributed by atoms with Crippen molar-refractivity contribution in [3.63, 3.8) is 0 Å². The summed E-state index contributed by atoms with van der Waals surface area (Å²) in [6.07, 6.45) is 1.81. The molecule has 0 atom stereocenters. The Morgan fingerprint density at radius 1 is 1.82 bits per heavy atom. The fourth-order valence-corrected chi connectivity index (χ4v) is 0.845. The van der Waals surface area contributed by atoms with Gasteiger partial charge in [0, 0.05) is 0 Å². The molecular formula is C5H7N5S. The first-order chi connectivity index (χ1) is 5.25. The van der Waals surface area contributed by atoms with Gasteiger partial charge >= 0.3 is 0 Å². The standard InChI is InChI=1S/C5H7N5S/c6-2-1-3-10-5(11)9(7)4-8-10/h4H,1,3,7H2. The van der Waals surface area contributed by atoms with E-state index in [2.05, 4.69) is 5.10 Å². The normalized spacial score (nSPS) is 9.36. The van der Waals surface area contributed by atoms with Gasteiger partial charge in [0.2, 0.25) is 4.77 Å². The minimum Gasteiger partial charge on any atom is -0.336 e. The van der Waals surface area contributed by atoms with Gasteiger partial charge in [-0.1, -0.05) is 0 Å². The summed E-state index contributed by atoms with van der Waals surface area (Å²) in [6.45, 7) is 0.500. The van der Waals surface area contributed by atoms with E-state index in [0.717, 1.165) is 0 Å². The van der Waals surface area contributed by atoms with Gasteiger partial charge in [0.05, 0.1) is 19.0 Å². The first-order valence-electron chi connectivity index (χ1n) is 3.02. The molecule has 0 saturated carbocycles. The third kappa shape index (κ3) is 1.56. The Morgan fingerprint density at radius 3 is 3.00 bits per heavy atom. The van der Waals surface area contributed by atoms with Crippen LogP contribution >= 0.6 is 12.2 Å². The van der Waals surface area contributed by atoms with E-state index < -0.39 is 0 Å². The van der Waals surface area contributed by atoms with Crippen LogP contribution in [0.5, 0.6) is 0 Å². The third-order valence-electron chi connectivity index (χ3n) is 1.19. The smallest absolute Gasteiger partial charge is 0.216 e. The van der Waals surface area contributed by atoms with Crippen LogP contribution in [0.1, 0.15) is 6.42 Å². The van der Waals surface area contributed by atoms with Gasteiger partial charge in [-0.25, -0.2) is 9.36 Å². The molecule has 0 radical (unpaired) electrons. The second-order valence-electron chi connectivity index (χ2n) is 1.95. The Balaban J connectivity index is 2.81. The van der Waals surface area contributed by atoms with Crippen molar-refractivity contribution in [2.45, 2.75) is 13.0 Å². The van der Waals surface area contributed by atoms with Crippen LogP contribution in [-0.4, -0.2) is 14.5 Å². The molecule has 1 rings (SSSR count). The number of nitrogens with two attached hydrogens (primary N) is 1. The number of aromatic nitrogens is 3.